The Kier molecular flexibility index (Phi) is 6.46. The highest BCUT2D eigenvalue weighted by molar-refractivity contribution is 5.84. The van der Waals surface area contributed by atoms with Crippen LogP contribution in [-0.2, 0) is 4.74 Å². The Morgan fingerprint density at radius 2 is 2.00 bits per heavy atom. The van der Waals surface area contributed by atoms with Gasteiger partial charge in [0.25, 0.3) is 5.69 Å². The van der Waals surface area contributed by atoms with Gasteiger partial charge in [-0.15, -0.1) is 0 Å². The van der Waals surface area contributed by atoms with Crippen LogP contribution in [0.3, 0.4) is 0 Å². The maximum Gasteiger partial charge on any atom is 0.407 e. The Hall–Kier alpha value is -2.90. The lowest BCUT2D eigenvalue weighted by atomic mass is 10.1. The highest BCUT2D eigenvalue weighted by Crippen LogP contribution is 2.28. The Bertz CT molecular complexity index is 661. The quantitative estimate of drug-likeness (QED) is 0.357. The first-order chi connectivity index (χ1) is 11.1. The van der Waals surface area contributed by atoms with Crippen LogP contribution in [0.1, 0.15) is 43.1 Å². The molecule has 0 aliphatic heterocycles. The maximum absolute atomic E-state index is 11.4. The van der Waals surface area contributed by atoms with E-state index in [9.17, 15) is 24.8 Å². The van der Waals surface area contributed by atoms with E-state index >= 15 is 0 Å². The van der Waals surface area contributed by atoms with Crippen LogP contribution in [-0.4, -0.2) is 34.6 Å². The van der Waals surface area contributed by atoms with E-state index in [2.05, 4.69) is 5.32 Å². The lowest BCUT2D eigenvalue weighted by molar-refractivity contribution is -0.384. The molecule has 8 heteroatoms. The Morgan fingerprint density at radius 1 is 1.38 bits per heavy atom. The van der Waals surface area contributed by atoms with Crippen molar-refractivity contribution in [2.75, 3.05) is 6.54 Å². The molecule has 0 heterocycles. The molecule has 24 heavy (non-hydrogen) atoms. The van der Waals surface area contributed by atoms with Crippen molar-refractivity contribution >= 4 is 24.1 Å². The van der Waals surface area contributed by atoms with Gasteiger partial charge in [-0.2, -0.15) is 0 Å². The molecular formula is C16H20N2O6. The van der Waals surface area contributed by atoms with Crippen molar-refractivity contribution in [1.29, 1.82) is 0 Å². The molecule has 2 N–H and O–H groups in total. The average Bonchev–Trinajstić information content (AvgIpc) is 2.46. The van der Waals surface area contributed by atoms with Gasteiger partial charge in [0.05, 0.1) is 10.5 Å². The topological polar surface area (TPSA) is 119 Å². The van der Waals surface area contributed by atoms with E-state index in [1.54, 1.807) is 26.8 Å². The number of alkyl carbamates (subject to hydrolysis) is 1. The fraction of sp³-hybridized carbons (Fsp3) is 0.375. The van der Waals surface area contributed by atoms with E-state index in [1.165, 1.54) is 12.1 Å². The summed E-state index contributed by atoms with van der Waals surface area (Å²) in [6.45, 7) is 5.55. The SMILES string of the molecule is CC(C)(C)OC(=O)NCCC=Cc1cc([N+](=O)[O-])cc(C=O)c1O. The van der Waals surface area contributed by atoms with Crippen LogP contribution in [0.15, 0.2) is 18.2 Å². The lowest BCUT2D eigenvalue weighted by Crippen LogP contribution is -2.32. The van der Waals surface area contributed by atoms with Crippen LogP contribution >= 0.6 is 0 Å². The summed E-state index contributed by atoms with van der Waals surface area (Å²) in [6.07, 6.45) is 3.29. The number of nitrogens with zero attached hydrogens (tertiary/aromatic N) is 1. The molecule has 130 valence electrons. The summed E-state index contributed by atoms with van der Waals surface area (Å²) in [7, 11) is 0. The number of carbonyl (C=O) groups is 2. The highest BCUT2D eigenvalue weighted by atomic mass is 16.6. The molecule has 1 rings (SSSR count). The lowest BCUT2D eigenvalue weighted by Gasteiger charge is -2.19. The number of phenols is 1. The summed E-state index contributed by atoms with van der Waals surface area (Å²) >= 11 is 0. The molecule has 0 atom stereocenters. The van der Waals surface area contributed by atoms with Gasteiger partial charge in [-0.1, -0.05) is 12.2 Å². The van der Waals surface area contributed by atoms with E-state index in [1.807, 2.05) is 0 Å². The van der Waals surface area contributed by atoms with Gasteiger partial charge in [-0.25, -0.2) is 4.79 Å². The van der Waals surface area contributed by atoms with Gasteiger partial charge in [0, 0.05) is 24.2 Å². The number of non-ortho nitro benzene ring substituents is 1. The number of amides is 1. The third-order valence-electron chi connectivity index (χ3n) is 2.77. The van der Waals surface area contributed by atoms with E-state index in [4.69, 9.17) is 4.74 Å². The standard InChI is InChI=1S/C16H20N2O6/c1-16(2,3)24-15(21)17-7-5-4-6-11-8-13(18(22)23)9-12(10-19)14(11)20/h4,6,8-10,20H,5,7H2,1-3H3,(H,17,21). The summed E-state index contributed by atoms with van der Waals surface area (Å²) in [5.74, 6) is -0.327. The van der Waals surface area contributed by atoms with E-state index in [0.29, 0.717) is 19.3 Å². The van der Waals surface area contributed by atoms with Gasteiger partial charge in [-0.05, 0) is 27.2 Å². The summed E-state index contributed by atoms with van der Waals surface area (Å²) in [5.41, 5.74) is -0.874. The predicted molar refractivity (Wildman–Crippen MR) is 88.0 cm³/mol. The number of hydrogen-bond donors (Lipinski definition) is 2. The summed E-state index contributed by atoms with van der Waals surface area (Å²) < 4.78 is 5.07. The molecule has 0 fully saturated rings. The number of nitro benzene ring substituents is 1. The molecule has 0 radical (unpaired) electrons. The highest BCUT2D eigenvalue weighted by Gasteiger charge is 2.15. The normalized spacial score (nSPS) is 11.3. The van der Waals surface area contributed by atoms with Crippen molar-refractivity contribution in [1.82, 2.24) is 5.32 Å². The van der Waals surface area contributed by atoms with Crippen molar-refractivity contribution in [3.8, 4) is 5.75 Å². The first-order valence-corrected chi connectivity index (χ1v) is 7.24. The van der Waals surface area contributed by atoms with Gasteiger partial charge in [0.15, 0.2) is 6.29 Å². The molecular weight excluding hydrogens is 316 g/mol. The van der Waals surface area contributed by atoms with E-state index < -0.39 is 16.6 Å². The van der Waals surface area contributed by atoms with Crippen LogP contribution in [0.4, 0.5) is 10.5 Å². The molecule has 0 saturated heterocycles. The Morgan fingerprint density at radius 3 is 2.54 bits per heavy atom. The number of rotatable bonds is 6. The van der Waals surface area contributed by atoms with Crippen LogP contribution in [0.2, 0.25) is 0 Å². The van der Waals surface area contributed by atoms with E-state index in [0.717, 1.165) is 6.07 Å². The number of aromatic hydroxyl groups is 1. The molecule has 0 aliphatic rings. The predicted octanol–water partition coefficient (Wildman–Crippen LogP) is 3.04. The number of aldehydes is 1. The minimum absolute atomic E-state index is 0.156. The summed E-state index contributed by atoms with van der Waals surface area (Å²) in [5, 5.41) is 23.2. The number of nitro groups is 1. The van der Waals surface area contributed by atoms with Crippen LogP contribution < -0.4 is 5.32 Å². The number of hydrogen-bond acceptors (Lipinski definition) is 6. The van der Waals surface area contributed by atoms with Crippen molar-refractivity contribution in [2.24, 2.45) is 0 Å². The second-order valence-corrected chi connectivity index (χ2v) is 5.97. The smallest absolute Gasteiger partial charge is 0.407 e. The minimum Gasteiger partial charge on any atom is -0.507 e. The molecule has 0 saturated carbocycles. The number of benzene rings is 1. The van der Waals surface area contributed by atoms with Gasteiger partial charge < -0.3 is 15.2 Å². The third kappa shape index (κ3) is 6.07. The van der Waals surface area contributed by atoms with Crippen molar-refractivity contribution in [3.63, 3.8) is 0 Å². The van der Waals surface area contributed by atoms with Crippen molar-refractivity contribution < 1.29 is 24.4 Å². The van der Waals surface area contributed by atoms with Gasteiger partial charge in [0.1, 0.15) is 11.4 Å². The zero-order valence-electron chi connectivity index (χ0n) is 13.7. The molecule has 0 unspecified atom stereocenters. The minimum atomic E-state index is -0.645. The third-order valence-corrected chi connectivity index (χ3v) is 2.77. The van der Waals surface area contributed by atoms with Gasteiger partial charge in [0.2, 0.25) is 0 Å². The maximum atomic E-state index is 11.4. The number of nitrogens with one attached hydrogen (secondary N) is 1. The Balaban J connectivity index is 2.68. The van der Waals surface area contributed by atoms with E-state index in [-0.39, 0.29) is 22.6 Å². The molecule has 0 aliphatic carbocycles. The van der Waals surface area contributed by atoms with Crippen LogP contribution in [0, 0.1) is 10.1 Å². The second-order valence-electron chi connectivity index (χ2n) is 5.97. The fourth-order valence-corrected chi connectivity index (χ4v) is 1.77. The average molecular weight is 336 g/mol. The first-order valence-electron chi connectivity index (χ1n) is 7.24. The monoisotopic (exact) mass is 336 g/mol. The Labute approximate surface area is 139 Å². The largest absolute Gasteiger partial charge is 0.507 e. The summed E-state index contributed by atoms with van der Waals surface area (Å²) in [6, 6.07) is 2.17. The number of ether oxygens (including phenoxy) is 1. The second kappa shape index (κ2) is 8.09. The molecule has 1 aromatic rings. The molecule has 8 nitrogen and oxygen atoms in total. The zero-order chi connectivity index (χ0) is 18.3. The number of carbonyl (C=O) groups excluding carboxylic acids is 2. The molecule has 0 spiro atoms. The molecule has 0 bridgehead atoms. The van der Waals surface area contributed by atoms with Crippen LogP contribution in [0.5, 0.6) is 5.75 Å². The molecule has 1 amide bonds. The van der Waals surface area contributed by atoms with Gasteiger partial charge in [-0.3, -0.25) is 14.9 Å². The van der Waals surface area contributed by atoms with Gasteiger partial charge >= 0.3 is 6.09 Å². The fourth-order valence-electron chi connectivity index (χ4n) is 1.77. The molecule has 1 aromatic carbocycles. The van der Waals surface area contributed by atoms with Crippen molar-refractivity contribution in [2.45, 2.75) is 32.8 Å². The first kappa shape index (κ1) is 19.1. The summed E-state index contributed by atoms with van der Waals surface area (Å²) in [4.78, 5) is 32.5. The van der Waals surface area contributed by atoms with Crippen molar-refractivity contribution in [3.05, 3.63) is 39.4 Å². The number of phenolic OH excluding ortho intramolecular Hbond substituents is 1. The molecule has 0 aromatic heterocycles. The zero-order valence-corrected chi connectivity index (χ0v) is 13.7. The van der Waals surface area contributed by atoms with Crippen LogP contribution in [0.25, 0.3) is 6.08 Å².